The Balaban J connectivity index is 1.78. The van der Waals surface area contributed by atoms with E-state index in [0.29, 0.717) is 11.7 Å². The van der Waals surface area contributed by atoms with Crippen LogP contribution < -0.4 is 9.47 Å². The smallest absolute Gasteiger partial charge is 0.214 e. The molecule has 1 aromatic carbocycles. The molecule has 0 unspecified atom stereocenters. The third-order valence-corrected chi connectivity index (χ3v) is 5.55. The van der Waals surface area contributed by atoms with Crippen molar-refractivity contribution >= 4 is 21.9 Å². The Morgan fingerprint density at radius 2 is 1.88 bits per heavy atom. The fraction of sp³-hybridized carbons (Fsp3) is 0.280. The van der Waals surface area contributed by atoms with Gasteiger partial charge in [0.1, 0.15) is 23.0 Å². The van der Waals surface area contributed by atoms with Crippen LogP contribution in [0, 0.1) is 20.8 Å². The molecule has 33 heavy (non-hydrogen) atoms. The lowest BCUT2D eigenvalue weighted by atomic mass is 10.00. The number of hydrogen-bond donors (Lipinski definition) is 1. The minimum absolute atomic E-state index is 0.0278. The Labute approximate surface area is 191 Å². The summed E-state index contributed by atoms with van der Waals surface area (Å²) in [6.07, 6.45) is 1.77. The number of nitrogens with zero attached hydrogens (tertiary/aromatic N) is 4. The largest absolute Gasteiger partial charge is 0.496 e. The number of aromatic nitrogens is 5. The van der Waals surface area contributed by atoms with Gasteiger partial charge in [-0.25, -0.2) is 15.0 Å². The molecule has 0 saturated heterocycles. The number of nitrogens with one attached hydrogen (secondary N) is 1. The van der Waals surface area contributed by atoms with Crippen molar-refractivity contribution in [2.75, 3.05) is 7.11 Å². The molecule has 0 aliphatic carbocycles. The summed E-state index contributed by atoms with van der Waals surface area (Å²) in [4.78, 5) is 17.3. The number of H-pyrrole nitrogens is 1. The summed E-state index contributed by atoms with van der Waals surface area (Å²) >= 11 is 0. The van der Waals surface area contributed by atoms with Crippen molar-refractivity contribution in [2.24, 2.45) is 0 Å². The minimum Gasteiger partial charge on any atom is -0.496 e. The van der Waals surface area contributed by atoms with E-state index in [1.54, 1.807) is 13.3 Å². The highest BCUT2D eigenvalue weighted by Gasteiger charge is 2.21. The van der Waals surface area contributed by atoms with Gasteiger partial charge >= 0.3 is 0 Å². The van der Waals surface area contributed by atoms with Gasteiger partial charge in [-0.2, -0.15) is 0 Å². The Morgan fingerprint density at radius 3 is 2.58 bits per heavy atom. The minimum atomic E-state index is 0.0278. The molecule has 4 aromatic heterocycles. The van der Waals surface area contributed by atoms with E-state index in [0.717, 1.165) is 61.5 Å². The first-order chi connectivity index (χ1) is 15.9. The van der Waals surface area contributed by atoms with Gasteiger partial charge in [0.25, 0.3) is 0 Å². The molecule has 0 bridgehead atoms. The van der Waals surface area contributed by atoms with Crippen LogP contribution in [0.3, 0.4) is 0 Å². The van der Waals surface area contributed by atoms with Gasteiger partial charge in [0.2, 0.25) is 5.88 Å². The molecule has 5 aromatic rings. The molecule has 0 aliphatic rings. The van der Waals surface area contributed by atoms with Gasteiger partial charge in [-0.15, -0.1) is 0 Å². The van der Waals surface area contributed by atoms with Crippen molar-refractivity contribution in [1.82, 2.24) is 25.1 Å². The lowest BCUT2D eigenvalue weighted by Gasteiger charge is -2.11. The third kappa shape index (κ3) is 3.57. The summed E-state index contributed by atoms with van der Waals surface area (Å²) < 4.78 is 17.0. The van der Waals surface area contributed by atoms with E-state index < -0.39 is 0 Å². The van der Waals surface area contributed by atoms with Crippen LogP contribution in [0.15, 0.2) is 35.0 Å². The molecule has 0 saturated carbocycles. The molecule has 0 fully saturated rings. The average molecular weight is 444 g/mol. The first-order valence-corrected chi connectivity index (χ1v) is 10.8. The second kappa shape index (κ2) is 7.88. The van der Waals surface area contributed by atoms with E-state index in [1.165, 1.54) is 0 Å². The zero-order valence-electron chi connectivity index (χ0n) is 19.5. The fourth-order valence-corrected chi connectivity index (χ4v) is 4.24. The van der Waals surface area contributed by atoms with Crippen LogP contribution in [0.1, 0.15) is 31.1 Å². The van der Waals surface area contributed by atoms with Gasteiger partial charge in [0.05, 0.1) is 35.6 Å². The first-order valence-electron chi connectivity index (χ1n) is 10.8. The molecule has 0 radical (unpaired) electrons. The van der Waals surface area contributed by atoms with E-state index in [9.17, 15) is 0 Å². The number of aryl methyl sites for hydroxylation is 3. The normalized spacial score (nSPS) is 11.6. The van der Waals surface area contributed by atoms with Crippen LogP contribution in [0.5, 0.6) is 11.6 Å². The fourth-order valence-electron chi connectivity index (χ4n) is 4.24. The average Bonchev–Trinajstić information content (AvgIpc) is 3.30. The standard InChI is InChI=1S/C25H25N5O3/c1-12(2)32-21-9-16(7-8-26-21)24-23-17-11-20(31-6)18(22-13(3)30-33-14(22)4)10-19(17)29-25(23)28-15(5)27-24/h7-12H,1-6H3,(H,27,28,29). The predicted octanol–water partition coefficient (Wildman–Crippen LogP) is 5.55. The number of hydrogen-bond acceptors (Lipinski definition) is 7. The van der Waals surface area contributed by atoms with Crippen molar-refractivity contribution in [1.29, 1.82) is 0 Å². The highest BCUT2D eigenvalue weighted by molar-refractivity contribution is 6.13. The Bertz CT molecular complexity index is 1480. The summed E-state index contributed by atoms with van der Waals surface area (Å²) in [5, 5.41) is 5.99. The van der Waals surface area contributed by atoms with Crippen molar-refractivity contribution < 1.29 is 14.0 Å². The highest BCUT2D eigenvalue weighted by Crippen LogP contribution is 2.41. The van der Waals surface area contributed by atoms with E-state index in [-0.39, 0.29) is 6.10 Å². The van der Waals surface area contributed by atoms with E-state index in [4.69, 9.17) is 19.0 Å². The SMILES string of the molecule is COc1cc2c(cc1-c1c(C)noc1C)[nH]c1nc(C)nc(-c3ccnc(OC(C)C)c3)c12. The zero-order chi connectivity index (χ0) is 23.3. The molecule has 0 spiro atoms. The quantitative estimate of drug-likeness (QED) is 0.380. The maximum Gasteiger partial charge on any atom is 0.214 e. The van der Waals surface area contributed by atoms with Gasteiger partial charge in [-0.3, -0.25) is 0 Å². The van der Waals surface area contributed by atoms with Crippen LogP contribution in [0.2, 0.25) is 0 Å². The van der Waals surface area contributed by atoms with E-state index in [1.807, 2.05) is 52.8 Å². The lowest BCUT2D eigenvalue weighted by molar-refractivity contribution is 0.233. The lowest BCUT2D eigenvalue weighted by Crippen LogP contribution is -2.06. The Morgan fingerprint density at radius 1 is 1.06 bits per heavy atom. The van der Waals surface area contributed by atoms with Crippen molar-refractivity contribution in [3.8, 4) is 34.0 Å². The molecule has 4 heterocycles. The topological polar surface area (TPSA) is 99.0 Å². The number of methoxy groups -OCH3 is 1. The van der Waals surface area contributed by atoms with Crippen LogP contribution in [-0.2, 0) is 0 Å². The number of pyridine rings is 1. The summed E-state index contributed by atoms with van der Waals surface area (Å²) in [5.74, 6) is 2.70. The number of fused-ring (bicyclic) bond motifs is 3. The maximum atomic E-state index is 5.81. The Kier molecular flexibility index (Phi) is 5.00. The monoisotopic (exact) mass is 443 g/mol. The summed E-state index contributed by atoms with van der Waals surface area (Å²) in [6, 6.07) is 7.92. The summed E-state index contributed by atoms with van der Waals surface area (Å²) in [5.41, 5.74) is 6.06. The van der Waals surface area contributed by atoms with Crippen molar-refractivity contribution in [3.05, 3.63) is 47.7 Å². The molecule has 8 heteroatoms. The second-order valence-corrected chi connectivity index (χ2v) is 8.31. The first kappa shape index (κ1) is 20.9. The second-order valence-electron chi connectivity index (χ2n) is 8.31. The van der Waals surface area contributed by atoms with Crippen LogP contribution in [0.25, 0.3) is 44.3 Å². The molecule has 168 valence electrons. The summed E-state index contributed by atoms with van der Waals surface area (Å²) in [6.45, 7) is 9.66. The molecule has 0 aliphatic heterocycles. The van der Waals surface area contributed by atoms with Crippen LogP contribution in [-0.4, -0.2) is 38.3 Å². The molecule has 5 rings (SSSR count). The third-order valence-electron chi connectivity index (χ3n) is 5.55. The number of benzene rings is 1. The van der Waals surface area contributed by atoms with Gasteiger partial charge in [0, 0.05) is 34.3 Å². The van der Waals surface area contributed by atoms with Gasteiger partial charge < -0.3 is 19.0 Å². The predicted molar refractivity (Wildman–Crippen MR) is 127 cm³/mol. The summed E-state index contributed by atoms with van der Waals surface area (Å²) in [7, 11) is 1.66. The molecule has 1 N–H and O–H groups in total. The van der Waals surface area contributed by atoms with Gasteiger partial charge in [-0.1, -0.05) is 5.16 Å². The zero-order valence-corrected chi connectivity index (χ0v) is 19.5. The van der Waals surface area contributed by atoms with E-state index in [2.05, 4.69) is 26.2 Å². The molecule has 0 atom stereocenters. The molecular formula is C25H25N5O3. The van der Waals surface area contributed by atoms with Gasteiger partial charge in [0.15, 0.2) is 0 Å². The van der Waals surface area contributed by atoms with Gasteiger partial charge in [-0.05, 0) is 52.8 Å². The van der Waals surface area contributed by atoms with E-state index >= 15 is 0 Å². The number of rotatable bonds is 5. The highest BCUT2D eigenvalue weighted by atomic mass is 16.5. The van der Waals surface area contributed by atoms with Crippen LogP contribution in [0.4, 0.5) is 0 Å². The van der Waals surface area contributed by atoms with Crippen LogP contribution >= 0.6 is 0 Å². The molecule has 0 amide bonds. The van der Waals surface area contributed by atoms with Crippen molar-refractivity contribution in [2.45, 2.75) is 40.7 Å². The Hall–Kier alpha value is -3.94. The molecular weight excluding hydrogens is 418 g/mol. The maximum absolute atomic E-state index is 5.81. The number of aromatic amines is 1. The molecule has 8 nitrogen and oxygen atoms in total. The number of ether oxygens (including phenoxy) is 2. The van der Waals surface area contributed by atoms with Crippen molar-refractivity contribution in [3.63, 3.8) is 0 Å².